The molecule has 5 nitrogen and oxygen atoms in total. The molecule has 16 heavy (non-hydrogen) atoms. The third-order valence-corrected chi connectivity index (χ3v) is 2.54. The van der Waals surface area contributed by atoms with E-state index < -0.39 is 0 Å². The van der Waals surface area contributed by atoms with Gasteiger partial charge in [0.15, 0.2) is 0 Å². The van der Waals surface area contributed by atoms with Gasteiger partial charge >= 0.3 is 0 Å². The molecule has 0 saturated carbocycles. The summed E-state index contributed by atoms with van der Waals surface area (Å²) in [5, 5.41) is 1.10. The Labute approximate surface area is 93.4 Å². The Bertz CT molecular complexity index is 530. The zero-order valence-electron chi connectivity index (χ0n) is 9.34. The molecule has 0 aliphatic carbocycles. The summed E-state index contributed by atoms with van der Waals surface area (Å²) >= 11 is 0. The van der Waals surface area contributed by atoms with E-state index in [0.29, 0.717) is 6.42 Å². The number of imidazole rings is 1. The van der Waals surface area contributed by atoms with E-state index in [2.05, 4.69) is 4.98 Å². The summed E-state index contributed by atoms with van der Waals surface area (Å²) in [6.07, 6.45) is 2.06. The quantitative estimate of drug-likeness (QED) is 0.452. The lowest BCUT2D eigenvalue weighted by atomic mass is 10.1. The number of rotatable bonds is 2. The molecule has 84 valence electrons. The average Bonchev–Trinajstić information content (AvgIpc) is 2.60. The summed E-state index contributed by atoms with van der Waals surface area (Å²) in [6.45, 7) is 0. The number of hydrogen-bond donors (Lipinski definition) is 1. The van der Waals surface area contributed by atoms with Crippen molar-refractivity contribution in [1.82, 2.24) is 14.6 Å². The number of carbonyl (C=O) groups is 1. The first-order chi connectivity index (χ1) is 7.58. The normalized spacial score (nSPS) is 10.7. The van der Waals surface area contributed by atoms with Gasteiger partial charge in [-0.1, -0.05) is 6.07 Å². The fourth-order valence-corrected chi connectivity index (χ4v) is 1.59. The molecule has 2 N–H and O–H groups in total. The number of likely N-dealkylation sites (N-methyl/N-ethyl adjacent to an activating group) is 1. The fourth-order valence-electron chi connectivity index (χ4n) is 1.59. The minimum absolute atomic E-state index is 0.115. The number of fused-ring (bicyclic) bond motifs is 1. The first-order valence-electron chi connectivity index (χ1n) is 4.99. The molecule has 0 bridgehead atoms. The second-order valence-electron chi connectivity index (χ2n) is 3.86. The maximum Gasteiger partial charge on any atom is 0.240 e. The van der Waals surface area contributed by atoms with Crippen LogP contribution < -0.4 is 5.84 Å². The number of hydrazine groups is 1. The monoisotopic (exact) mass is 218 g/mol. The molecule has 1 heterocycles. The van der Waals surface area contributed by atoms with Crippen molar-refractivity contribution in [3.63, 3.8) is 0 Å². The molecule has 2 aromatic rings. The van der Waals surface area contributed by atoms with Crippen LogP contribution in [0.15, 0.2) is 24.5 Å². The largest absolute Gasteiger partial charge is 0.334 e. The van der Waals surface area contributed by atoms with Gasteiger partial charge in [-0.15, -0.1) is 0 Å². The van der Waals surface area contributed by atoms with Crippen molar-refractivity contribution in [2.45, 2.75) is 6.42 Å². The summed E-state index contributed by atoms with van der Waals surface area (Å²) in [5.41, 5.74) is 2.87. The lowest BCUT2D eigenvalue weighted by Gasteiger charge is -2.09. The van der Waals surface area contributed by atoms with Crippen molar-refractivity contribution in [3.8, 4) is 0 Å². The summed E-state index contributed by atoms with van der Waals surface area (Å²) < 4.78 is 1.94. The van der Waals surface area contributed by atoms with E-state index in [1.165, 1.54) is 0 Å². The van der Waals surface area contributed by atoms with Gasteiger partial charge in [-0.25, -0.2) is 10.8 Å². The number of aromatic nitrogens is 2. The van der Waals surface area contributed by atoms with Gasteiger partial charge < -0.3 is 4.57 Å². The highest BCUT2D eigenvalue weighted by Gasteiger charge is 2.07. The molecule has 5 heteroatoms. The van der Waals surface area contributed by atoms with Gasteiger partial charge in [-0.05, 0) is 17.7 Å². The molecule has 0 radical (unpaired) electrons. The second-order valence-corrected chi connectivity index (χ2v) is 3.86. The minimum Gasteiger partial charge on any atom is -0.334 e. The number of nitrogens with two attached hydrogens (primary N) is 1. The van der Waals surface area contributed by atoms with Crippen LogP contribution in [0.1, 0.15) is 5.56 Å². The van der Waals surface area contributed by atoms with Gasteiger partial charge in [-0.3, -0.25) is 9.80 Å². The summed E-state index contributed by atoms with van der Waals surface area (Å²) in [7, 11) is 3.48. The van der Waals surface area contributed by atoms with Crippen LogP contribution in [0.3, 0.4) is 0 Å². The molecule has 1 aromatic carbocycles. The number of amides is 1. The SMILES string of the molecule is CN(N)C(=O)Cc1ccc2c(c1)ncn2C. The van der Waals surface area contributed by atoms with E-state index >= 15 is 0 Å². The topological polar surface area (TPSA) is 64.2 Å². The molecule has 0 saturated heterocycles. The van der Waals surface area contributed by atoms with E-state index in [1.54, 1.807) is 13.4 Å². The molecule has 0 fully saturated rings. The van der Waals surface area contributed by atoms with Crippen LogP contribution in [-0.2, 0) is 18.3 Å². The Morgan fingerprint density at radius 3 is 3.00 bits per heavy atom. The second kappa shape index (κ2) is 3.94. The number of aryl methyl sites for hydroxylation is 1. The van der Waals surface area contributed by atoms with E-state index in [-0.39, 0.29) is 5.91 Å². The number of nitrogens with zero attached hydrogens (tertiary/aromatic N) is 3. The molecule has 0 unspecified atom stereocenters. The van der Waals surface area contributed by atoms with Crippen molar-refractivity contribution in [2.75, 3.05) is 7.05 Å². The van der Waals surface area contributed by atoms with Gasteiger partial charge in [0.2, 0.25) is 5.91 Å². The zero-order valence-corrected chi connectivity index (χ0v) is 9.34. The maximum absolute atomic E-state index is 11.4. The van der Waals surface area contributed by atoms with Crippen LogP contribution in [-0.4, -0.2) is 27.5 Å². The highest BCUT2D eigenvalue weighted by Crippen LogP contribution is 2.14. The van der Waals surface area contributed by atoms with Crippen LogP contribution in [0, 0.1) is 0 Å². The molecular formula is C11H14N4O. The minimum atomic E-state index is -0.115. The third kappa shape index (κ3) is 1.90. The van der Waals surface area contributed by atoms with Crippen LogP contribution in [0.5, 0.6) is 0 Å². The molecule has 0 aliphatic rings. The van der Waals surface area contributed by atoms with Crippen molar-refractivity contribution in [1.29, 1.82) is 0 Å². The predicted molar refractivity (Wildman–Crippen MR) is 61.4 cm³/mol. The first kappa shape index (κ1) is 10.6. The standard InChI is InChI=1S/C11H14N4O/c1-14-7-13-9-5-8(3-4-10(9)14)6-11(16)15(2)12/h3-5,7H,6,12H2,1-2H3. The maximum atomic E-state index is 11.4. The van der Waals surface area contributed by atoms with Crippen LogP contribution in [0.2, 0.25) is 0 Å². The Morgan fingerprint density at radius 1 is 1.56 bits per heavy atom. The van der Waals surface area contributed by atoms with Gasteiger partial charge in [0.05, 0.1) is 23.8 Å². The summed E-state index contributed by atoms with van der Waals surface area (Å²) in [4.78, 5) is 15.7. The molecule has 2 rings (SSSR count). The van der Waals surface area contributed by atoms with Crippen LogP contribution in [0.25, 0.3) is 11.0 Å². The number of benzene rings is 1. The Hall–Kier alpha value is -1.88. The molecule has 1 amide bonds. The number of carbonyl (C=O) groups excluding carboxylic acids is 1. The fraction of sp³-hybridized carbons (Fsp3) is 0.273. The lowest BCUT2D eigenvalue weighted by molar-refractivity contribution is -0.129. The van der Waals surface area contributed by atoms with Crippen LogP contribution in [0.4, 0.5) is 0 Å². The number of hydrogen-bond acceptors (Lipinski definition) is 3. The van der Waals surface area contributed by atoms with Crippen molar-refractivity contribution in [2.24, 2.45) is 12.9 Å². The van der Waals surface area contributed by atoms with Gasteiger partial charge in [-0.2, -0.15) is 0 Å². The van der Waals surface area contributed by atoms with E-state index in [1.807, 2.05) is 29.8 Å². The Balaban J connectivity index is 2.30. The van der Waals surface area contributed by atoms with E-state index in [9.17, 15) is 4.79 Å². The molecule has 0 atom stereocenters. The lowest BCUT2D eigenvalue weighted by Crippen LogP contribution is -2.34. The average molecular weight is 218 g/mol. The predicted octanol–water partition coefficient (Wildman–Crippen LogP) is 0.448. The zero-order chi connectivity index (χ0) is 11.7. The van der Waals surface area contributed by atoms with Crippen molar-refractivity contribution < 1.29 is 4.79 Å². The molecule has 0 spiro atoms. The van der Waals surface area contributed by atoms with E-state index in [0.717, 1.165) is 21.6 Å². The summed E-state index contributed by atoms with van der Waals surface area (Å²) in [5.74, 6) is 5.25. The molecule has 0 aliphatic heterocycles. The van der Waals surface area contributed by atoms with Crippen molar-refractivity contribution in [3.05, 3.63) is 30.1 Å². The Kier molecular flexibility index (Phi) is 2.62. The van der Waals surface area contributed by atoms with Gasteiger partial charge in [0, 0.05) is 14.1 Å². The first-order valence-corrected chi connectivity index (χ1v) is 4.99. The highest BCUT2D eigenvalue weighted by atomic mass is 16.2. The van der Waals surface area contributed by atoms with Crippen LogP contribution >= 0.6 is 0 Å². The molecular weight excluding hydrogens is 204 g/mol. The van der Waals surface area contributed by atoms with Crippen molar-refractivity contribution >= 4 is 16.9 Å². The van der Waals surface area contributed by atoms with Gasteiger partial charge in [0.1, 0.15) is 0 Å². The Morgan fingerprint density at radius 2 is 2.31 bits per heavy atom. The molecule has 1 aromatic heterocycles. The summed E-state index contributed by atoms with van der Waals surface area (Å²) in [6, 6.07) is 5.80. The third-order valence-electron chi connectivity index (χ3n) is 2.54. The smallest absolute Gasteiger partial charge is 0.240 e. The van der Waals surface area contributed by atoms with Gasteiger partial charge in [0.25, 0.3) is 0 Å². The van der Waals surface area contributed by atoms with E-state index in [4.69, 9.17) is 5.84 Å². The highest BCUT2D eigenvalue weighted by molar-refractivity contribution is 5.81.